The first kappa shape index (κ1) is 16.7. The number of hydrogen-bond donors (Lipinski definition) is 2. The molecule has 0 aliphatic carbocycles. The van der Waals surface area contributed by atoms with Crippen molar-refractivity contribution in [3.8, 4) is 5.69 Å². The second-order valence-corrected chi connectivity index (χ2v) is 5.24. The van der Waals surface area contributed by atoms with Gasteiger partial charge < -0.3 is 10.4 Å². The Kier molecular flexibility index (Phi) is 4.75. The molecule has 9 heteroatoms. The van der Waals surface area contributed by atoms with Crippen LogP contribution in [-0.2, 0) is 4.79 Å². The Balaban J connectivity index is 1.71. The molecule has 7 nitrogen and oxygen atoms in total. The predicted octanol–water partition coefficient (Wildman–Crippen LogP) is 2.00. The number of benzene rings is 2. The quantitative estimate of drug-likeness (QED) is 0.738. The molecular formula is C16H13F2N5O2. The average Bonchev–Trinajstić information content (AvgIpc) is 3.11. The second kappa shape index (κ2) is 7.14. The van der Waals surface area contributed by atoms with Crippen LogP contribution in [0.5, 0.6) is 0 Å². The van der Waals surface area contributed by atoms with Crippen molar-refractivity contribution in [2.75, 3.05) is 5.32 Å². The van der Waals surface area contributed by atoms with Crippen molar-refractivity contribution >= 4 is 11.6 Å². The lowest BCUT2D eigenvalue weighted by molar-refractivity contribution is -0.118. The van der Waals surface area contributed by atoms with Crippen molar-refractivity contribution in [2.24, 2.45) is 0 Å². The number of nitrogens with one attached hydrogen (secondary N) is 1. The number of tetrazole rings is 1. The number of anilines is 1. The summed E-state index contributed by atoms with van der Waals surface area (Å²) in [7, 11) is 0. The van der Waals surface area contributed by atoms with E-state index in [1.54, 1.807) is 0 Å². The fourth-order valence-electron chi connectivity index (χ4n) is 2.24. The lowest BCUT2D eigenvalue weighted by Crippen LogP contribution is -2.16. The van der Waals surface area contributed by atoms with Gasteiger partial charge in [0.05, 0.1) is 23.9 Å². The number of amides is 1. The lowest BCUT2D eigenvalue weighted by atomic mass is 10.1. The molecule has 1 aromatic heterocycles. The first-order chi connectivity index (χ1) is 12.0. The summed E-state index contributed by atoms with van der Waals surface area (Å²) in [5.41, 5.74) is 0.634. The van der Waals surface area contributed by atoms with E-state index in [2.05, 4.69) is 20.8 Å². The minimum atomic E-state index is -1.21. The molecule has 3 rings (SSSR count). The topological polar surface area (TPSA) is 92.9 Å². The number of aliphatic hydroxyl groups is 1. The highest BCUT2D eigenvalue weighted by atomic mass is 19.1. The van der Waals surface area contributed by atoms with Crippen molar-refractivity contribution in [1.29, 1.82) is 0 Å². The molecule has 0 radical (unpaired) electrons. The number of hydrogen-bond acceptors (Lipinski definition) is 5. The monoisotopic (exact) mass is 345 g/mol. The van der Waals surface area contributed by atoms with Crippen LogP contribution in [-0.4, -0.2) is 31.2 Å². The van der Waals surface area contributed by atoms with Crippen LogP contribution in [0.4, 0.5) is 14.5 Å². The molecule has 25 heavy (non-hydrogen) atoms. The van der Waals surface area contributed by atoms with Gasteiger partial charge in [0, 0.05) is 0 Å². The Hall–Kier alpha value is -3.20. The molecule has 2 aromatic carbocycles. The molecular weight excluding hydrogens is 332 g/mol. The largest absolute Gasteiger partial charge is 0.388 e. The summed E-state index contributed by atoms with van der Waals surface area (Å²) in [4.78, 5) is 12.1. The highest BCUT2D eigenvalue weighted by Crippen LogP contribution is 2.21. The molecule has 1 amide bonds. The smallest absolute Gasteiger partial charge is 0.227 e. The van der Waals surface area contributed by atoms with Crippen LogP contribution in [0.25, 0.3) is 5.69 Å². The van der Waals surface area contributed by atoms with Crippen LogP contribution in [0.2, 0.25) is 0 Å². The van der Waals surface area contributed by atoms with Gasteiger partial charge in [-0.15, -0.1) is 5.10 Å². The Morgan fingerprint density at radius 3 is 2.80 bits per heavy atom. The van der Waals surface area contributed by atoms with Crippen LogP contribution in [0.1, 0.15) is 18.1 Å². The summed E-state index contributed by atoms with van der Waals surface area (Å²) in [5, 5.41) is 23.0. The maximum absolute atomic E-state index is 13.9. The number of aliphatic hydroxyl groups excluding tert-OH is 1. The van der Waals surface area contributed by atoms with Crippen LogP contribution in [0, 0.1) is 11.6 Å². The van der Waals surface area contributed by atoms with E-state index in [1.807, 2.05) is 0 Å². The zero-order valence-electron chi connectivity index (χ0n) is 12.8. The van der Waals surface area contributed by atoms with E-state index in [0.29, 0.717) is 5.69 Å². The van der Waals surface area contributed by atoms with E-state index in [0.717, 1.165) is 12.1 Å². The summed E-state index contributed by atoms with van der Waals surface area (Å²) in [6, 6.07) is 9.27. The van der Waals surface area contributed by atoms with Gasteiger partial charge in [-0.05, 0) is 46.3 Å². The third-order valence-corrected chi connectivity index (χ3v) is 3.45. The van der Waals surface area contributed by atoms with E-state index >= 15 is 0 Å². The van der Waals surface area contributed by atoms with Crippen LogP contribution in [0.3, 0.4) is 0 Å². The fourth-order valence-corrected chi connectivity index (χ4v) is 2.24. The van der Waals surface area contributed by atoms with E-state index in [1.165, 1.54) is 41.3 Å². The molecule has 1 atom stereocenters. The zero-order valence-corrected chi connectivity index (χ0v) is 12.8. The van der Waals surface area contributed by atoms with Crippen LogP contribution < -0.4 is 5.32 Å². The van der Waals surface area contributed by atoms with Crippen molar-refractivity contribution in [1.82, 2.24) is 20.2 Å². The van der Waals surface area contributed by atoms with Crippen molar-refractivity contribution in [3.05, 3.63) is 66.0 Å². The minimum absolute atomic E-state index is 0.0792. The number of rotatable bonds is 5. The fraction of sp³-hybridized carbons (Fsp3) is 0.125. The number of carbonyl (C=O) groups is 1. The highest BCUT2D eigenvalue weighted by molar-refractivity contribution is 5.91. The van der Waals surface area contributed by atoms with Gasteiger partial charge in [-0.1, -0.05) is 12.1 Å². The predicted molar refractivity (Wildman–Crippen MR) is 83.7 cm³/mol. The summed E-state index contributed by atoms with van der Waals surface area (Å²) in [5.74, 6) is -1.79. The maximum atomic E-state index is 13.9. The van der Waals surface area contributed by atoms with Gasteiger partial charge in [-0.2, -0.15) is 0 Å². The Morgan fingerprint density at radius 1 is 1.24 bits per heavy atom. The Bertz CT molecular complexity index is 886. The number of halogens is 2. The molecule has 1 heterocycles. The van der Waals surface area contributed by atoms with Crippen molar-refractivity contribution in [2.45, 2.75) is 12.5 Å². The molecule has 0 saturated heterocycles. The summed E-state index contributed by atoms with van der Waals surface area (Å²) in [6.45, 7) is 0. The summed E-state index contributed by atoms with van der Waals surface area (Å²) < 4.78 is 28.4. The van der Waals surface area contributed by atoms with Crippen molar-refractivity contribution in [3.63, 3.8) is 0 Å². The molecule has 0 bridgehead atoms. The van der Waals surface area contributed by atoms with Gasteiger partial charge in [-0.25, -0.2) is 13.5 Å². The molecule has 0 fully saturated rings. The van der Waals surface area contributed by atoms with E-state index < -0.39 is 23.6 Å². The third-order valence-electron chi connectivity index (χ3n) is 3.45. The molecule has 2 N–H and O–H groups in total. The van der Waals surface area contributed by atoms with E-state index in [9.17, 15) is 18.7 Å². The Morgan fingerprint density at radius 2 is 2.08 bits per heavy atom. The molecule has 0 spiro atoms. The molecule has 0 aliphatic rings. The first-order valence-corrected chi connectivity index (χ1v) is 7.29. The molecule has 1 unspecified atom stereocenters. The zero-order chi connectivity index (χ0) is 17.8. The molecule has 3 aromatic rings. The number of aromatic nitrogens is 4. The number of nitrogens with zero attached hydrogens (tertiary/aromatic N) is 4. The normalized spacial score (nSPS) is 12.0. The van der Waals surface area contributed by atoms with Gasteiger partial charge in [0.2, 0.25) is 5.91 Å². The van der Waals surface area contributed by atoms with Crippen molar-refractivity contribution < 1.29 is 18.7 Å². The van der Waals surface area contributed by atoms with Gasteiger partial charge >= 0.3 is 0 Å². The third kappa shape index (κ3) is 4.01. The lowest BCUT2D eigenvalue weighted by Gasteiger charge is -2.12. The van der Waals surface area contributed by atoms with Gasteiger partial charge in [0.15, 0.2) is 0 Å². The van der Waals surface area contributed by atoms with Gasteiger partial charge in [-0.3, -0.25) is 4.79 Å². The highest BCUT2D eigenvalue weighted by Gasteiger charge is 2.15. The van der Waals surface area contributed by atoms with E-state index in [-0.39, 0.29) is 17.7 Å². The average molecular weight is 345 g/mol. The minimum Gasteiger partial charge on any atom is -0.388 e. The summed E-state index contributed by atoms with van der Waals surface area (Å²) >= 11 is 0. The number of carbonyl (C=O) groups excluding carboxylic acids is 1. The van der Waals surface area contributed by atoms with Crippen LogP contribution >= 0.6 is 0 Å². The molecule has 0 saturated carbocycles. The second-order valence-electron chi connectivity index (χ2n) is 5.24. The van der Waals surface area contributed by atoms with Crippen LogP contribution in [0.15, 0.2) is 48.8 Å². The summed E-state index contributed by atoms with van der Waals surface area (Å²) in [6.07, 6.45) is -0.230. The molecule has 0 aliphatic heterocycles. The van der Waals surface area contributed by atoms with Gasteiger partial charge in [0.25, 0.3) is 0 Å². The standard InChI is InChI=1S/C16H13F2N5O2/c17-11-3-1-2-10(6-11)15(24)8-16(25)20-14-7-12(4-5-13(14)18)23-9-19-21-22-23/h1-7,9,15,24H,8H2,(H,20,25). The SMILES string of the molecule is O=C(CC(O)c1cccc(F)c1)Nc1cc(-n2cnnn2)ccc1F. The van der Waals surface area contributed by atoms with E-state index in [4.69, 9.17) is 0 Å². The Labute approximate surface area is 140 Å². The first-order valence-electron chi connectivity index (χ1n) is 7.29. The van der Waals surface area contributed by atoms with Gasteiger partial charge in [0.1, 0.15) is 18.0 Å². The maximum Gasteiger partial charge on any atom is 0.227 e. The molecule has 128 valence electrons.